The van der Waals surface area contributed by atoms with Gasteiger partial charge in [0, 0.05) is 18.4 Å². The summed E-state index contributed by atoms with van der Waals surface area (Å²) in [6.07, 6.45) is -1.28. The van der Waals surface area contributed by atoms with Crippen LogP contribution in [0.3, 0.4) is 0 Å². The number of hydrogen-bond donors (Lipinski definition) is 3. The largest absolute Gasteiger partial charge is 0.458 e. The summed E-state index contributed by atoms with van der Waals surface area (Å²) in [5, 5.41) is 11.7. The molecule has 0 rings (SSSR count). The SMILES string of the molecule is CC(=O)N[C@H](CSC[C@@H](O)C(N)=O)C(=O)OC(C)(C)C. The van der Waals surface area contributed by atoms with Crippen molar-refractivity contribution in [1.29, 1.82) is 0 Å². The number of aliphatic hydroxyl groups excluding tert-OH is 1. The Morgan fingerprint density at radius 3 is 2.25 bits per heavy atom. The minimum absolute atomic E-state index is 0.0498. The first kappa shape index (κ1) is 18.7. The number of carbonyl (C=O) groups excluding carboxylic acids is 3. The molecule has 20 heavy (non-hydrogen) atoms. The average Bonchev–Trinajstić information content (AvgIpc) is 2.24. The Morgan fingerprint density at radius 1 is 1.30 bits per heavy atom. The van der Waals surface area contributed by atoms with E-state index in [1.54, 1.807) is 20.8 Å². The van der Waals surface area contributed by atoms with Gasteiger partial charge in [-0.3, -0.25) is 9.59 Å². The Morgan fingerprint density at radius 2 is 1.85 bits per heavy atom. The monoisotopic (exact) mass is 306 g/mol. The van der Waals surface area contributed by atoms with Gasteiger partial charge in [0.25, 0.3) is 0 Å². The number of nitrogens with one attached hydrogen (secondary N) is 1. The molecule has 116 valence electrons. The summed E-state index contributed by atoms with van der Waals surface area (Å²) in [6.45, 7) is 6.46. The second-order valence-corrected chi connectivity index (χ2v) is 6.32. The summed E-state index contributed by atoms with van der Waals surface area (Å²) >= 11 is 1.13. The number of thioether (sulfide) groups is 1. The Kier molecular flexibility index (Phi) is 7.59. The Balaban J connectivity index is 4.46. The minimum Gasteiger partial charge on any atom is -0.458 e. The van der Waals surface area contributed by atoms with Crippen LogP contribution in [0.5, 0.6) is 0 Å². The molecule has 0 spiro atoms. The first-order valence-electron chi connectivity index (χ1n) is 6.08. The number of ether oxygens (including phenoxy) is 1. The molecule has 0 radical (unpaired) electrons. The first-order valence-corrected chi connectivity index (χ1v) is 7.23. The molecule has 4 N–H and O–H groups in total. The molecule has 8 heteroatoms. The average molecular weight is 306 g/mol. The molecule has 0 aromatic carbocycles. The lowest BCUT2D eigenvalue weighted by Crippen LogP contribution is -2.45. The van der Waals surface area contributed by atoms with Gasteiger partial charge >= 0.3 is 5.97 Å². The fourth-order valence-electron chi connectivity index (χ4n) is 1.17. The van der Waals surface area contributed by atoms with Gasteiger partial charge in [-0.05, 0) is 20.8 Å². The van der Waals surface area contributed by atoms with Crippen LogP contribution in [-0.2, 0) is 19.1 Å². The van der Waals surface area contributed by atoms with E-state index in [0.717, 1.165) is 11.8 Å². The summed E-state index contributed by atoms with van der Waals surface area (Å²) in [5.74, 6) is -1.52. The zero-order chi connectivity index (χ0) is 15.9. The number of hydrogen-bond acceptors (Lipinski definition) is 6. The maximum Gasteiger partial charge on any atom is 0.330 e. The molecule has 0 aromatic rings. The third-order valence-corrected chi connectivity index (χ3v) is 3.08. The molecule has 0 heterocycles. The lowest BCUT2D eigenvalue weighted by atomic mass is 10.2. The van der Waals surface area contributed by atoms with Crippen LogP contribution < -0.4 is 11.1 Å². The van der Waals surface area contributed by atoms with Gasteiger partial charge in [-0.15, -0.1) is 0 Å². The van der Waals surface area contributed by atoms with E-state index in [9.17, 15) is 19.5 Å². The molecule has 7 nitrogen and oxygen atoms in total. The molecular formula is C12H22N2O5S. The lowest BCUT2D eigenvalue weighted by molar-refractivity contribution is -0.157. The molecule has 2 amide bonds. The van der Waals surface area contributed by atoms with E-state index in [0.29, 0.717) is 0 Å². The van der Waals surface area contributed by atoms with Crippen molar-refractivity contribution in [2.24, 2.45) is 5.73 Å². The molecule has 2 atom stereocenters. The second-order valence-electron chi connectivity index (χ2n) is 5.24. The molecule has 0 aliphatic rings. The molecule has 0 aliphatic heterocycles. The summed E-state index contributed by atoms with van der Waals surface area (Å²) in [4.78, 5) is 33.6. The van der Waals surface area contributed by atoms with Gasteiger partial charge in [0.15, 0.2) is 0 Å². The minimum atomic E-state index is -1.28. The van der Waals surface area contributed by atoms with Crippen LogP contribution >= 0.6 is 11.8 Å². The van der Waals surface area contributed by atoms with Crippen molar-refractivity contribution in [3.05, 3.63) is 0 Å². The molecular weight excluding hydrogens is 284 g/mol. The highest BCUT2D eigenvalue weighted by atomic mass is 32.2. The molecule has 0 bridgehead atoms. The Labute approximate surface area is 122 Å². The lowest BCUT2D eigenvalue weighted by Gasteiger charge is -2.24. The molecule has 0 fully saturated rings. The number of nitrogens with two attached hydrogens (primary N) is 1. The standard InChI is InChI=1S/C12H22N2O5S/c1-7(15)14-8(11(18)19-12(2,3)4)5-20-6-9(16)10(13)17/h8-9,16H,5-6H2,1-4H3,(H2,13,17)(H,14,15)/t8-,9-/m1/s1. The van der Waals surface area contributed by atoms with E-state index >= 15 is 0 Å². The normalized spacial score (nSPS) is 14.2. The zero-order valence-corrected chi connectivity index (χ0v) is 13.0. The van der Waals surface area contributed by atoms with E-state index in [4.69, 9.17) is 10.5 Å². The third-order valence-electron chi connectivity index (χ3n) is 1.96. The number of primary amides is 1. The Hall–Kier alpha value is -1.28. The smallest absolute Gasteiger partial charge is 0.330 e. The van der Waals surface area contributed by atoms with E-state index in [1.165, 1.54) is 6.92 Å². The van der Waals surface area contributed by atoms with Crippen molar-refractivity contribution in [2.75, 3.05) is 11.5 Å². The highest BCUT2D eigenvalue weighted by molar-refractivity contribution is 7.99. The van der Waals surface area contributed by atoms with Crippen LogP contribution in [0.2, 0.25) is 0 Å². The van der Waals surface area contributed by atoms with Crippen molar-refractivity contribution < 1.29 is 24.2 Å². The van der Waals surface area contributed by atoms with Crippen molar-refractivity contribution in [2.45, 2.75) is 45.4 Å². The Bertz CT molecular complexity index is 367. The van der Waals surface area contributed by atoms with E-state index in [-0.39, 0.29) is 17.4 Å². The topological polar surface area (TPSA) is 119 Å². The quantitative estimate of drug-likeness (QED) is 0.541. The van der Waals surface area contributed by atoms with Gasteiger partial charge in [0.05, 0.1) is 0 Å². The van der Waals surface area contributed by atoms with Gasteiger partial charge in [-0.2, -0.15) is 11.8 Å². The molecule has 0 saturated heterocycles. The number of aliphatic hydroxyl groups is 1. The molecule has 0 unspecified atom stereocenters. The number of esters is 1. The number of rotatable bonds is 7. The van der Waals surface area contributed by atoms with Crippen LogP contribution in [0, 0.1) is 0 Å². The van der Waals surface area contributed by atoms with Crippen molar-refractivity contribution in [1.82, 2.24) is 5.32 Å². The predicted molar refractivity (Wildman–Crippen MR) is 76.0 cm³/mol. The van der Waals surface area contributed by atoms with Gasteiger partial charge in [-0.1, -0.05) is 0 Å². The van der Waals surface area contributed by atoms with E-state index in [2.05, 4.69) is 5.32 Å². The fraction of sp³-hybridized carbons (Fsp3) is 0.750. The van der Waals surface area contributed by atoms with Gasteiger partial charge < -0.3 is 20.9 Å². The zero-order valence-electron chi connectivity index (χ0n) is 12.1. The van der Waals surface area contributed by atoms with Crippen LogP contribution in [0.4, 0.5) is 0 Å². The van der Waals surface area contributed by atoms with Gasteiger partial charge in [0.2, 0.25) is 11.8 Å². The summed E-state index contributed by atoms with van der Waals surface area (Å²) in [5.41, 5.74) is 4.25. The van der Waals surface area contributed by atoms with Crippen LogP contribution in [0.25, 0.3) is 0 Å². The number of carbonyl (C=O) groups is 3. The second kappa shape index (κ2) is 8.11. The van der Waals surface area contributed by atoms with Crippen molar-refractivity contribution >= 4 is 29.5 Å². The van der Waals surface area contributed by atoms with E-state index < -0.39 is 29.6 Å². The first-order chi connectivity index (χ1) is 9.03. The highest BCUT2D eigenvalue weighted by Gasteiger charge is 2.26. The highest BCUT2D eigenvalue weighted by Crippen LogP contribution is 2.12. The van der Waals surface area contributed by atoms with Gasteiger partial charge in [0.1, 0.15) is 17.7 Å². The van der Waals surface area contributed by atoms with Gasteiger partial charge in [-0.25, -0.2) is 4.79 Å². The predicted octanol–water partition coefficient (Wildman–Crippen LogP) is -0.588. The van der Waals surface area contributed by atoms with Crippen LogP contribution in [0.1, 0.15) is 27.7 Å². The maximum atomic E-state index is 11.9. The summed E-state index contributed by atoms with van der Waals surface area (Å²) in [6, 6.07) is -0.836. The maximum absolute atomic E-state index is 11.9. The number of amides is 2. The molecule has 0 saturated carbocycles. The molecule has 0 aromatic heterocycles. The molecule has 0 aliphatic carbocycles. The van der Waals surface area contributed by atoms with Crippen LogP contribution in [0.15, 0.2) is 0 Å². The third kappa shape index (κ3) is 8.76. The van der Waals surface area contributed by atoms with Crippen molar-refractivity contribution in [3.63, 3.8) is 0 Å². The summed E-state index contributed by atoms with van der Waals surface area (Å²) < 4.78 is 5.18. The van der Waals surface area contributed by atoms with E-state index in [1.807, 2.05) is 0 Å². The van der Waals surface area contributed by atoms with Crippen LogP contribution in [-0.4, -0.2) is 52.1 Å². The fourth-order valence-corrected chi connectivity index (χ4v) is 2.15. The summed E-state index contributed by atoms with van der Waals surface area (Å²) in [7, 11) is 0. The van der Waals surface area contributed by atoms with Crippen molar-refractivity contribution in [3.8, 4) is 0 Å².